The molecule has 27 heavy (non-hydrogen) atoms. The predicted octanol–water partition coefficient (Wildman–Crippen LogP) is 2.95. The lowest BCUT2D eigenvalue weighted by Gasteiger charge is -2.11. The summed E-state index contributed by atoms with van der Waals surface area (Å²) in [4.78, 5) is 12.3. The molecular formula is C17H16F2N2O5S. The van der Waals surface area contributed by atoms with E-state index < -0.39 is 22.2 Å². The highest BCUT2D eigenvalue weighted by Gasteiger charge is 2.43. The zero-order valence-electron chi connectivity index (χ0n) is 14.3. The molecule has 0 unspecified atom stereocenters. The highest BCUT2D eigenvalue weighted by Crippen LogP contribution is 2.42. The van der Waals surface area contributed by atoms with Crippen LogP contribution in [0.4, 0.5) is 14.5 Å². The Balaban J connectivity index is 1.79. The van der Waals surface area contributed by atoms with E-state index in [-0.39, 0.29) is 33.7 Å². The first-order chi connectivity index (χ1) is 12.6. The van der Waals surface area contributed by atoms with Gasteiger partial charge in [-0.2, -0.15) is 0 Å². The third kappa shape index (κ3) is 4.34. The van der Waals surface area contributed by atoms with Gasteiger partial charge >= 0.3 is 6.29 Å². The highest BCUT2D eigenvalue weighted by molar-refractivity contribution is 7.89. The SMILES string of the molecule is CC(C)NS(=O)(=O)c1cccc(C(=O)Nc2ccc3c(c2)OC(F)(F)O3)c1. The fourth-order valence-electron chi connectivity index (χ4n) is 2.41. The summed E-state index contributed by atoms with van der Waals surface area (Å²) in [6.07, 6.45) is -3.75. The average Bonchev–Trinajstić information content (AvgIpc) is 2.87. The molecule has 10 heteroatoms. The molecule has 0 atom stereocenters. The number of ether oxygens (including phenoxy) is 2. The largest absolute Gasteiger partial charge is 0.586 e. The fraction of sp³-hybridized carbons (Fsp3) is 0.235. The number of amides is 1. The van der Waals surface area contributed by atoms with Gasteiger partial charge in [-0.15, -0.1) is 8.78 Å². The number of rotatable bonds is 5. The van der Waals surface area contributed by atoms with Crippen LogP contribution in [0.3, 0.4) is 0 Å². The van der Waals surface area contributed by atoms with Crippen molar-refractivity contribution in [1.29, 1.82) is 0 Å². The Morgan fingerprint density at radius 1 is 1.07 bits per heavy atom. The van der Waals surface area contributed by atoms with E-state index in [0.29, 0.717) is 0 Å². The number of carbonyl (C=O) groups excluding carboxylic acids is 1. The maximum atomic E-state index is 13.0. The number of hydrogen-bond donors (Lipinski definition) is 2. The number of carbonyl (C=O) groups is 1. The van der Waals surface area contributed by atoms with Crippen LogP contribution in [-0.4, -0.2) is 26.7 Å². The molecule has 1 aliphatic rings. The minimum Gasteiger partial charge on any atom is -0.395 e. The summed E-state index contributed by atoms with van der Waals surface area (Å²) in [5, 5.41) is 2.50. The van der Waals surface area contributed by atoms with Gasteiger partial charge in [0.1, 0.15) is 0 Å². The van der Waals surface area contributed by atoms with E-state index in [1.54, 1.807) is 13.8 Å². The number of benzene rings is 2. The monoisotopic (exact) mass is 398 g/mol. The van der Waals surface area contributed by atoms with E-state index in [9.17, 15) is 22.0 Å². The second-order valence-corrected chi connectivity index (χ2v) is 7.80. The molecule has 2 aromatic carbocycles. The van der Waals surface area contributed by atoms with E-state index in [4.69, 9.17) is 0 Å². The van der Waals surface area contributed by atoms with E-state index >= 15 is 0 Å². The van der Waals surface area contributed by atoms with E-state index in [1.165, 1.54) is 42.5 Å². The van der Waals surface area contributed by atoms with E-state index in [1.807, 2.05) is 0 Å². The van der Waals surface area contributed by atoms with Gasteiger partial charge in [0.2, 0.25) is 10.0 Å². The Kier molecular flexibility index (Phi) is 4.79. The summed E-state index contributed by atoms with van der Waals surface area (Å²) in [6.45, 7) is 3.36. The van der Waals surface area contributed by atoms with Crippen LogP contribution in [0.1, 0.15) is 24.2 Å². The standard InChI is InChI=1S/C17H16F2N2O5S/c1-10(2)21-27(23,24)13-5-3-4-11(8-13)16(22)20-12-6-7-14-15(9-12)26-17(18,19)25-14/h3-10,21H,1-2H3,(H,20,22). The molecule has 0 aliphatic carbocycles. The third-order valence-electron chi connectivity index (χ3n) is 3.46. The Labute approximate surface area is 154 Å². The van der Waals surface area contributed by atoms with Crippen LogP contribution in [0.2, 0.25) is 0 Å². The summed E-state index contributed by atoms with van der Waals surface area (Å²) in [5.74, 6) is -0.969. The van der Waals surface area contributed by atoms with Gasteiger partial charge in [0, 0.05) is 23.4 Å². The van der Waals surface area contributed by atoms with Crippen LogP contribution in [0.15, 0.2) is 47.4 Å². The number of fused-ring (bicyclic) bond motifs is 1. The Morgan fingerprint density at radius 3 is 2.48 bits per heavy atom. The van der Waals surface area contributed by atoms with Crippen molar-refractivity contribution in [2.24, 2.45) is 0 Å². The minimum atomic E-state index is -3.76. The average molecular weight is 398 g/mol. The number of alkyl halides is 2. The molecule has 2 aromatic rings. The van der Waals surface area contributed by atoms with Crippen molar-refractivity contribution in [3.8, 4) is 11.5 Å². The zero-order chi connectivity index (χ0) is 19.8. The quantitative estimate of drug-likeness (QED) is 0.808. The van der Waals surface area contributed by atoms with Crippen molar-refractivity contribution in [2.75, 3.05) is 5.32 Å². The lowest BCUT2D eigenvalue weighted by atomic mass is 10.2. The van der Waals surface area contributed by atoms with Crippen molar-refractivity contribution in [1.82, 2.24) is 4.72 Å². The normalized spacial score (nSPS) is 15.0. The molecule has 0 spiro atoms. The maximum absolute atomic E-state index is 13.0. The number of anilines is 1. The van der Waals surface area contributed by atoms with Gasteiger partial charge in [-0.1, -0.05) is 6.07 Å². The van der Waals surface area contributed by atoms with Gasteiger partial charge in [-0.25, -0.2) is 13.1 Å². The summed E-state index contributed by atoms with van der Waals surface area (Å²) < 4.78 is 61.6. The third-order valence-corrected chi connectivity index (χ3v) is 5.11. The van der Waals surface area contributed by atoms with Crippen LogP contribution in [0, 0.1) is 0 Å². The lowest BCUT2D eigenvalue weighted by Crippen LogP contribution is -2.30. The first-order valence-corrected chi connectivity index (χ1v) is 9.38. The minimum absolute atomic E-state index is 0.0609. The molecule has 0 bridgehead atoms. The smallest absolute Gasteiger partial charge is 0.395 e. The topological polar surface area (TPSA) is 93.7 Å². The maximum Gasteiger partial charge on any atom is 0.586 e. The first-order valence-electron chi connectivity index (χ1n) is 7.89. The molecule has 2 N–H and O–H groups in total. The number of nitrogens with one attached hydrogen (secondary N) is 2. The number of hydrogen-bond acceptors (Lipinski definition) is 5. The molecule has 1 aliphatic heterocycles. The summed E-state index contributed by atoms with van der Waals surface area (Å²) in [7, 11) is -3.76. The molecule has 1 amide bonds. The molecule has 3 rings (SSSR count). The van der Waals surface area contributed by atoms with E-state index in [0.717, 1.165) is 0 Å². The number of sulfonamides is 1. The lowest BCUT2D eigenvalue weighted by molar-refractivity contribution is -0.286. The van der Waals surface area contributed by atoms with Crippen LogP contribution in [0.5, 0.6) is 11.5 Å². The van der Waals surface area contributed by atoms with Crippen LogP contribution in [0.25, 0.3) is 0 Å². The zero-order valence-corrected chi connectivity index (χ0v) is 15.1. The Hall–Kier alpha value is -2.72. The van der Waals surface area contributed by atoms with Crippen molar-refractivity contribution >= 4 is 21.6 Å². The van der Waals surface area contributed by atoms with Crippen molar-refractivity contribution < 1.29 is 31.5 Å². The van der Waals surface area contributed by atoms with Gasteiger partial charge < -0.3 is 14.8 Å². The first kappa shape index (κ1) is 19.1. The Morgan fingerprint density at radius 2 is 1.78 bits per heavy atom. The second kappa shape index (κ2) is 6.78. The summed E-state index contributed by atoms with van der Waals surface area (Å²) in [6, 6.07) is 8.94. The van der Waals surface area contributed by atoms with Crippen LogP contribution < -0.4 is 19.5 Å². The van der Waals surface area contributed by atoms with Crippen LogP contribution >= 0.6 is 0 Å². The van der Waals surface area contributed by atoms with E-state index in [2.05, 4.69) is 19.5 Å². The molecule has 0 saturated heterocycles. The second-order valence-electron chi connectivity index (χ2n) is 6.09. The van der Waals surface area contributed by atoms with Gasteiger partial charge in [0.25, 0.3) is 5.91 Å². The van der Waals surface area contributed by atoms with Gasteiger partial charge in [-0.05, 0) is 44.2 Å². The van der Waals surface area contributed by atoms with Crippen molar-refractivity contribution in [3.63, 3.8) is 0 Å². The molecule has 0 fully saturated rings. The van der Waals surface area contributed by atoms with Crippen molar-refractivity contribution in [3.05, 3.63) is 48.0 Å². The van der Waals surface area contributed by atoms with Crippen LogP contribution in [-0.2, 0) is 10.0 Å². The molecule has 0 aromatic heterocycles. The molecule has 0 saturated carbocycles. The molecule has 1 heterocycles. The molecular weight excluding hydrogens is 382 g/mol. The van der Waals surface area contributed by atoms with Gasteiger partial charge in [0.05, 0.1) is 4.90 Å². The van der Waals surface area contributed by atoms with Gasteiger partial charge in [-0.3, -0.25) is 4.79 Å². The molecule has 144 valence electrons. The number of halogens is 2. The fourth-order valence-corrected chi connectivity index (χ4v) is 3.71. The molecule has 0 radical (unpaired) electrons. The Bertz CT molecular complexity index is 993. The summed E-state index contributed by atoms with van der Waals surface area (Å²) >= 11 is 0. The van der Waals surface area contributed by atoms with Crippen molar-refractivity contribution in [2.45, 2.75) is 31.1 Å². The van der Waals surface area contributed by atoms with Gasteiger partial charge in [0.15, 0.2) is 11.5 Å². The predicted molar refractivity (Wildman–Crippen MR) is 92.5 cm³/mol. The summed E-state index contributed by atoms with van der Waals surface area (Å²) in [5.41, 5.74) is 0.276. The highest BCUT2D eigenvalue weighted by atomic mass is 32.2. The molecule has 7 nitrogen and oxygen atoms in total.